The molecule has 0 radical (unpaired) electrons. The molecular weight excluding hydrogens is 344 g/mol. The molecule has 0 spiro atoms. The van der Waals surface area contributed by atoms with Crippen molar-refractivity contribution in [2.24, 2.45) is 0 Å². The molecule has 0 N–H and O–H groups in total. The third kappa shape index (κ3) is 2.46. The fourth-order valence-corrected chi connectivity index (χ4v) is 2.13. The Morgan fingerprint density at radius 3 is 2.41 bits per heavy atom. The van der Waals surface area contributed by atoms with Gasteiger partial charge in [0.1, 0.15) is 3.70 Å². The van der Waals surface area contributed by atoms with E-state index in [0.29, 0.717) is 9.39 Å². The van der Waals surface area contributed by atoms with Crippen molar-refractivity contribution < 1.29 is 13.2 Å². The highest BCUT2D eigenvalue weighted by atomic mass is 127. The Balaban J connectivity index is 2.55. The molecule has 0 aliphatic heterocycles. The maximum Gasteiger partial charge on any atom is 0.435 e. The van der Waals surface area contributed by atoms with Crippen LogP contribution in [0.4, 0.5) is 13.2 Å². The number of alkyl halides is 3. The highest BCUT2D eigenvalue weighted by molar-refractivity contribution is 14.1. The summed E-state index contributed by atoms with van der Waals surface area (Å²) in [6.45, 7) is 1.83. The van der Waals surface area contributed by atoms with Crippen molar-refractivity contribution in [2.75, 3.05) is 0 Å². The molecule has 0 fully saturated rings. The van der Waals surface area contributed by atoms with Gasteiger partial charge in [0.25, 0.3) is 0 Å². The first-order valence-corrected chi connectivity index (χ1v) is 5.86. The van der Waals surface area contributed by atoms with Gasteiger partial charge in [-0.3, -0.25) is 0 Å². The maximum atomic E-state index is 12.5. The molecule has 1 aromatic carbocycles. The molecule has 0 amide bonds. The predicted molar refractivity (Wildman–Crippen MR) is 66.0 cm³/mol. The van der Waals surface area contributed by atoms with Gasteiger partial charge in [0.05, 0.1) is 5.69 Å². The molecule has 0 bridgehead atoms. The summed E-state index contributed by atoms with van der Waals surface area (Å²) < 4.78 is 39.3. The Morgan fingerprint density at radius 1 is 1.24 bits per heavy atom. The monoisotopic (exact) mass is 352 g/mol. The number of hydrogen-bond donors (Lipinski definition) is 0. The number of rotatable bonds is 1. The average Bonchev–Trinajstić information content (AvgIpc) is 2.61. The van der Waals surface area contributed by atoms with Gasteiger partial charge >= 0.3 is 6.18 Å². The Labute approximate surface area is 110 Å². The lowest BCUT2D eigenvalue weighted by atomic mass is 10.2. The fourth-order valence-electron chi connectivity index (χ4n) is 1.47. The van der Waals surface area contributed by atoms with E-state index in [2.05, 4.69) is 5.10 Å². The van der Waals surface area contributed by atoms with Gasteiger partial charge in [-0.25, -0.2) is 4.68 Å². The summed E-state index contributed by atoms with van der Waals surface area (Å²) in [7, 11) is 0. The fraction of sp³-hybridized carbons (Fsp3) is 0.182. The van der Waals surface area contributed by atoms with Crippen LogP contribution in [-0.4, -0.2) is 9.78 Å². The second-order valence-corrected chi connectivity index (χ2v) is 4.65. The minimum absolute atomic E-state index is 0.434. The number of benzene rings is 1. The molecule has 17 heavy (non-hydrogen) atoms. The molecule has 6 heteroatoms. The van der Waals surface area contributed by atoms with Gasteiger partial charge < -0.3 is 0 Å². The first-order valence-electron chi connectivity index (χ1n) is 4.78. The van der Waals surface area contributed by atoms with Crippen LogP contribution in [0.1, 0.15) is 11.3 Å². The van der Waals surface area contributed by atoms with E-state index in [0.717, 1.165) is 11.6 Å². The van der Waals surface area contributed by atoms with Crippen LogP contribution in [0.5, 0.6) is 0 Å². The predicted octanol–water partition coefficient (Wildman–Crippen LogP) is 3.80. The standard InChI is InChI=1S/C11H8F3IN2/c1-7-4-2-3-5-8(7)17-10(15)6-9(16-17)11(12,13)14/h2-6H,1H3. The quantitative estimate of drug-likeness (QED) is 0.714. The topological polar surface area (TPSA) is 17.8 Å². The number of aromatic nitrogens is 2. The molecule has 2 rings (SSSR count). The first-order chi connectivity index (χ1) is 7.89. The summed E-state index contributed by atoms with van der Waals surface area (Å²) in [5, 5.41) is 3.60. The van der Waals surface area contributed by atoms with E-state index in [9.17, 15) is 13.2 Å². The first kappa shape index (κ1) is 12.4. The van der Waals surface area contributed by atoms with Gasteiger partial charge in [0.15, 0.2) is 5.69 Å². The van der Waals surface area contributed by atoms with Crippen molar-refractivity contribution in [3.63, 3.8) is 0 Å². The SMILES string of the molecule is Cc1ccccc1-n1nc(C(F)(F)F)cc1I. The van der Waals surface area contributed by atoms with Crippen LogP contribution in [0.15, 0.2) is 30.3 Å². The molecule has 2 nitrogen and oxygen atoms in total. The Hall–Kier alpha value is -1.05. The Kier molecular flexibility index (Phi) is 3.15. The number of nitrogens with zero attached hydrogens (tertiary/aromatic N) is 2. The third-order valence-electron chi connectivity index (χ3n) is 2.30. The summed E-state index contributed by atoms with van der Waals surface area (Å²) in [6, 6.07) is 8.21. The lowest BCUT2D eigenvalue weighted by Crippen LogP contribution is -2.08. The van der Waals surface area contributed by atoms with Crippen molar-refractivity contribution in [1.82, 2.24) is 9.78 Å². The number of halogens is 4. The highest BCUT2D eigenvalue weighted by Gasteiger charge is 2.34. The van der Waals surface area contributed by atoms with Crippen molar-refractivity contribution >= 4 is 22.6 Å². The van der Waals surface area contributed by atoms with Crippen LogP contribution in [0.3, 0.4) is 0 Å². The molecule has 0 saturated heterocycles. The second-order valence-electron chi connectivity index (χ2n) is 3.55. The highest BCUT2D eigenvalue weighted by Crippen LogP contribution is 2.30. The number of hydrogen-bond acceptors (Lipinski definition) is 1. The van der Waals surface area contributed by atoms with E-state index in [-0.39, 0.29) is 0 Å². The molecule has 0 saturated carbocycles. The molecule has 90 valence electrons. The van der Waals surface area contributed by atoms with Crippen LogP contribution in [0.2, 0.25) is 0 Å². The summed E-state index contributed by atoms with van der Waals surface area (Å²) in [4.78, 5) is 0. The summed E-state index contributed by atoms with van der Waals surface area (Å²) >= 11 is 1.84. The zero-order valence-electron chi connectivity index (χ0n) is 8.79. The van der Waals surface area contributed by atoms with Gasteiger partial charge in [0.2, 0.25) is 0 Å². The zero-order valence-corrected chi connectivity index (χ0v) is 11.0. The van der Waals surface area contributed by atoms with Gasteiger partial charge in [-0.05, 0) is 41.1 Å². The van der Waals surface area contributed by atoms with E-state index in [4.69, 9.17) is 0 Å². The summed E-state index contributed by atoms with van der Waals surface area (Å²) in [6.07, 6.45) is -4.41. The lowest BCUT2D eigenvalue weighted by molar-refractivity contribution is -0.141. The van der Waals surface area contributed by atoms with Crippen molar-refractivity contribution in [3.05, 3.63) is 45.3 Å². The van der Waals surface area contributed by atoms with Crippen LogP contribution in [0.25, 0.3) is 5.69 Å². The molecule has 0 aliphatic rings. The molecule has 0 aliphatic carbocycles. The van der Waals surface area contributed by atoms with Crippen molar-refractivity contribution in [1.29, 1.82) is 0 Å². The average molecular weight is 352 g/mol. The van der Waals surface area contributed by atoms with E-state index in [1.807, 2.05) is 41.6 Å². The minimum atomic E-state index is -4.41. The van der Waals surface area contributed by atoms with E-state index < -0.39 is 11.9 Å². The lowest BCUT2D eigenvalue weighted by Gasteiger charge is -2.06. The minimum Gasteiger partial charge on any atom is -0.227 e. The third-order valence-corrected chi connectivity index (χ3v) is 3.07. The van der Waals surface area contributed by atoms with Crippen LogP contribution in [0, 0.1) is 10.6 Å². The van der Waals surface area contributed by atoms with E-state index in [1.54, 1.807) is 12.1 Å². The van der Waals surface area contributed by atoms with Crippen molar-refractivity contribution in [3.8, 4) is 5.69 Å². The van der Waals surface area contributed by atoms with Crippen molar-refractivity contribution in [2.45, 2.75) is 13.1 Å². The summed E-state index contributed by atoms with van der Waals surface area (Å²) in [5.74, 6) is 0. The van der Waals surface area contributed by atoms with Crippen LogP contribution >= 0.6 is 22.6 Å². The molecule has 0 unspecified atom stereocenters. The molecule has 0 atom stereocenters. The normalized spacial score (nSPS) is 11.8. The van der Waals surface area contributed by atoms with Gasteiger partial charge in [-0.2, -0.15) is 18.3 Å². The van der Waals surface area contributed by atoms with Gasteiger partial charge in [-0.15, -0.1) is 0 Å². The van der Waals surface area contributed by atoms with Gasteiger partial charge in [0, 0.05) is 6.07 Å². The Bertz CT molecular complexity index is 546. The number of para-hydroxylation sites is 1. The molecule has 1 heterocycles. The number of aryl methyl sites for hydroxylation is 1. The zero-order chi connectivity index (χ0) is 12.6. The largest absolute Gasteiger partial charge is 0.435 e. The summed E-state index contributed by atoms with van der Waals surface area (Å²) in [5.41, 5.74) is 0.666. The molecular formula is C11H8F3IN2. The molecule has 2 aromatic rings. The second kappa shape index (κ2) is 4.32. The van der Waals surface area contributed by atoms with Crippen LogP contribution < -0.4 is 0 Å². The van der Waals surface area contributed by atoms with Gasteiger partial charge in [-0.1, -0.05) is 18.2 Å². The smallest absolute Gasteiger partial charge is 0.227 e. The Morgan fingerprint density at radius 2 is 1.88 bits per heavy atom. The van der Waals surface area contributed by atoms with Crippen LogP contribution in [-0.2, 0) is 6.18 Å². The maximum absolute atomic E-state index is 12.5. The van der Waals surface area contributed by atoms with E-state index in [1.165, 1.54) is 4.68 Å². The molecule has 1 aromatic heterocycles. The van der Waals surface area contributed by atoms with E-state index >= 15 is 0 Å².